The molecule has 0 aromatic heterocycles. The molecule has 124 valence electrons. The third-order valence-electron chi connectivity index (χ3n) is 3.72. The molecule has 5 nitrogen and oxygen atoms in total. The van der Waals surface area contributed by atoms with Gasteiger partial charge in [-0.15, -0.1) is 0 Å². The topological polar surface area (TPSA) is 75.3 Å². The highest BCUT2D eigenvalue weighted by molar-refractivity contribution is 7.89. The quantitative estimate of drug-likeness (QED) is 0.870. The number of aryl methyl sites for hydroxylation is 2. The molecule has 0 saturated carbocycles. The Hall–Kier alpha value is -1.40. The van der Waals surface area contributed by atoms with E-state index < -0.39 is 16.1 Å². The van der Waals surface area contributed by atoms with Gasteiger partial charge in [0, 0.05) is 6.04 Å². The van der Waals surface area contributed by atoms with Crippen molar-refractivity contribution in [3.05, 3.63) is 28.3 Å². The summed E-state index contributed by atoms with van der Waals surface area (Å²) >= 11 is 0. The fourth-order valence-corrected chi connectivity index (χ4v) is 4.16. The van der Waals surface area contributed by atoms with E-state index in [-0.39, 0.29) is 16.8 Å². The highest BCUT2D eigenvalue weighted by Gasteiger charge is 2.26. The second-order valence-corrected chi connectivity index (χ2v) is 7.75. The highest BCUT2D eigenvalue weighted by atomic mass is 32.2. The van der Waals surface area contributed by atoms with Crippen LogP contribution in [0.4, 0.5) is 0 Å². The van der Waals surface area contributed by atoms with Gasteiger partial charge in [-0.3, -0.25) is 4.79 Å². The summed E-state index contributed by atoms with van der Waals surface area (Å²) in [5, 5.41) is 2.70. The Bertz CT molecular complexity index is 653. The van der Waals surface area contributed by atoms with Gasteiger partial charge < -0.3 is 5.32 Å². The van der Waals surface area contributed by atoms with Crippen LogP contribution in [0.2, 0.25) is 0 Å². The Kier molecular flexibility index (Phi) is 5.76. The summed E-state index contributed by atoms with van der Waals surface area (Å²) in [6, 6.07) is 1.11. The van der Waals surface area contributed by atoms with E-state index in [2.05, 4.69) is 10.0 Å². The van der Waals surface area contributed by atoms with Gasteiger partial charge in [0.15, 0.2) is 0 Å². The molecule has 1 atom stereocenters. The zero-order valence-corrected chi connectivity index (χ0v) is 15.2. The minimum Gasteiger partial charge on any atom is -0.353 e. The van der Waals surface area contributed by atoms with Gasteiger partial charge in [0.05, 0.1) is 10.9 Å². The summed E-state index contributed by atoms with van der Waals surface area (Å²) in [6.07, 6.45) is 0. The number of benzene rings is 1. The first-order chi connectivity index (χ1) is 9.97. The minimum atomic E-state index is -3.76. The van der Waals surface area contributed by atoms with Crippen molar-refractivity contribution in [1.29, 1.82) is 0 Å². The van der Waals surface area contributed by atoms with E-state index in [9.17, 15) is 13.2 Å². The number of nitrogens with one attached hydrogen (secondary N) is 2. The second-order valence-electron chi connectivity index (χ2n) is 6.10. The van der Waals surface area contributed by atoms with Gasteiger partial charge in [0.25, 0.3) is 0 Å². The van der Waals surface area contributed by atoms with E-state index in [4.69, 9.17) is 0 Å². The molecule has 1 aromatic rings. The minimum absolute atomic E-state index is 0.0378. The zero-order valence-electron chi connectivity index (χ0n) is 14.4. The van der Waals surface area contributed by atoms with E-state index >= 15 is 0 Å². The van der Waals surface area contributed by atoms with Gasteiger partial charge in [0.1, 0.15) is 0 Å². The van der Waals surface area contributed by atoms with Crippen LogP contribution in [-0.4, -0.2) is 26.4 Å². The van der Waals surface area contributed by atoms with Crippen molar-refractivity contribution in [2.75, 3.05) is 0 Å². The van der Waals surface area contributed by atoms with Crippen molar-refractivity contribution >= 4 is 15.9 Å². The van der Waals surface area contributed by atoms with Crippen LogP contribution in [0.25, 0.3) is 0 Å². The molecule has 1 amide bonds. The molecular weight excluding hydrogens is 300 g/mol. The first kappa shape index (κ1) is 18.6. The lowest BCUT2D eigenvalue weighted by molar-refractivity contribution is -0.122. The SMILES string of the molecule is Cc1cc(C)c(C)c(S(=O)(=O)N[C@@H](C)C(=O)NC(C)C)c1C. The van der Waals surface area contributed by atoms with E-state index in [1.165, 1.54) is 0 Å². The summed E-state index contributed by atoms with van der Waals surface area (Å²) < 4.78 is 27.8. The summed E-state index contributed by atoms with van der Waals surface area (Å²) in [7, 11) is -3.76. The van der Waals surface area contributed by atoms with Gasteiger partial charge in [-0.25, -0.2) is 8.42 Å². The van der Waals surface area contributed by atoms with Gasteiger partial charge in [-0.05, 0) is 70.7 Å². The smallest absolute Gasteiger partial charge is 0.241 e. The molecule has 0 bridgehead atoms. The molecule has 2 N–H and O–H groups in total. The molecule has 0 spiro atoms. The number of hydrogen-bond donors (Lipinski definition) is 2. The molecule has 6 heteroatoms. The molecule has 0 heterocycles. The van der Waals surface area contributed by atoms with Crippen LogP contribution in [0.15, 0.2) is 11.0 Å². The highest BCUT2D eigenvalue weighted by Crippen LogP contribution is 2.26. The predicted molar refractivity (Wildman–Crippen MR) is 88.5 cm³/mol. The van der Waals surface area contributed by atoms with Crippen LogP contribution in [0.1, 0.15) is 43.0 Å². The average Bonchev–Trinajstić information content (AvgIpc) is 2.34. The Balaban J connectivity index is 3.19. The molecule has 1 aromatic carbocycles. The van der Waals surface area contributed by atoms with Crippen molar-refractivity contribution in [2.24, 2.45) is 0 Å². The first-order valence-electron chi connectivity index (χ1n) is 7.37. The normalized spacial score (nSPS) is 13.3. The number of amides is 1. The molecule has 0 fully saturated rings. The fraction of sp³-hybridized carbons (Fsp3) is 0.562. The van der Waals surface area contributed by atoms with Crippen molar-refractivity contribution in [1.82, 2.24) is 10.0 Å². The third-order valence-corrected chi connectivity index (χ3v) is 5.54. The maximum Gasteiger partial charge on any atom is 0.241 e. The number of sulfonamides is 1. The molecule has 0 unspecified atom stereocenters. The van der Waals surface area contributed by atoms with Crippen LogP contribution < -0.4 is 10.0 Å². The molecule has 0 saturated heterocycles. The number of hydrogen-bond acceptors (Lipinski definition) is 3. The van der Waals surface area contributed by atoms with Gasteiger partial charge in [-0.2, -0.15) is 4.72 Å². The summed E-state index contributed by atoms with van der Waals surface area (Å²) in [6.45, 7) is 12.5. The van der Waals surface area contributed by atoms with Crippen LogP contribution in [0.5, 0.6) is 0 Å². The molecule has 0 aliphatic carbocycles. The van der Waals surface area contributed by atoms with Crippen LogP contribution in [-0.2, 0) is 14.8 Å². The molecular formula is C16H26N2O3S. The first-order valence-corrected chi connectivity index (χ1v) is 8.85. The van der Waals surface area contributed by atoms with E-state index in [1.54, 1.807) is 20.8 Å². The van der Waals surface area contributed by atoms with Crippen molar-refractivity contribution in [3.8, 4) is 0 Å². The molecule has 0 radical (unpaired) electrons. The van der Waals surface area contributed by atoms with Gasteiger partial charge >= 0.3 is 0 Å². The lowest BCUT2D eigenvalue weighted by Crippen LogP contribution is -2.46. The summed E-state index contributed by atoms with van der Waals surface area (Å²) in [4.78, 5) is 12.2. The second kappa shape index (κ2) is 6.79. The molecule has 0 aliphatic rings. The van der Waals surface area contributed by atoms with Crippen LogP contribution in [0.3, 0.4) is 0 Å². The number of rotatable bonds is 5. The Morgan fingerprint density at radius 3 is 1.86 bits per heavy atom. The van der Waals surface area contributed by atoms with E-state index in [0.717, 1.165) is 11.1 Å². The lowest BCUT2D eigenvalue weighted by atomic mass is 10.0. The maximum atomic E-state index is 12.7. The Labute approximate surface area is 133 Å². The molecule has 1 rings (SSSR count). The zero-order chi connectivity index (χ0) is 17.2. The van der Waals surface area contributed by atoms with Crippen molar-refractivity contribution in [3.63, 3.8) is 0 Å². The lowest BCUT2D eigenvalue weighted by Gasteiger charge is -2.19. The molecule has 22 heavy (non-hydrogen) atoms. The van der Waals surface area contributed by atoms with Crippen LogP contribution >= 0.6 is 0 Å². The Morgan fingerprint density at radius 1 is 1.00 bits per heavy atom. The summed E-state index contributed by atoms with van der Waals surface area (Å²) in [5.74, 6) is -0.335. The summed E-state index contributed by atoms with van der Waals surface area (Å²) in [5.41, 5.74) is 3.27. The number of carbonyl (C=O) groups excluding carboxylic acids is 1. The standard InChI is InChI=1S/C16H26N2O3S/c1-9(2)17-16(19)14(7)18-22(20,21)15-12(5)10(3)8-11(4)13(15)6/h8-9,14,18H,1-7H3,(H,17,19)/t14-/m0/s1. The average molecular weight is 326 g/mol. The van der Waals surface area contributed by atoms with Crippen molar-refractivity contribution < 1.29 is 13.2 Å². The largest absolute Gasteiger partial charge is 0.353 e. The third kappa shape index (κ3) is 4.08. The van der Waals surface area contributed by atoms with E-state index in [1.807, 2.05) is 33.8 Å². The van der Waals surface area contributed by atoms with Gasteiger partial charge in [0.2, 0.25) is 15.9 Å². The van der Waals surface area contributed by atoms with Crippen LogP contribution in [0, 0.1) is 27.7 Å². The maximum absolute atomic E-state index is 12.7. The van der Waals surface area contributed by atoms with Gasteiger partial charge in [-0.1, -0.05) is 6.07 Å². The monoisotopic (exact) mass is 326 g/mol. The molecule has 0 aliphatic heterocycles. The number of carbonyl (C=O) groups is 1. The predicted octanol–water partition coefficient (Wildman–Crippen LogP) is 2.11. The van der Waals surface area contributed by atoms with Crippen molar-refractivity contribution in [2.45, 2.75) is 65.4 Å². The Morgan fingerprint density at radius 2 is 1.45 bits per heavy atom. The van der Waals surface area contributed by atoms with E-state index in [0.29, 0.717) is 11.1 Å². The fourth-order valence-electron chi connectivity index (χ4n) is 2.34.